The summed E-state index contributed by atoms with van der Waals surface area (Å²) in [6.07, 6.45) is 6.80. The Morgan fingerprint density at radius 1 is 1.44 bits per heavy atom. The number of hydrogen-bond acceptors (Lipinski definition) is 4. The summed E-state index contributed by atoms with van der Waals surface area (Å²) in [5, 5.41) is 3.48. The molecule has 3 rings (SSSR count). The van der Waals surface area contributed by atoms with Crippen molar-refractivity contribution in [3.05, 3.63) is 28.9 Å². The molecule has 96 valence electrons. The Bertz CT molecular complexity index is 581. The van der Waals surface area contributed by atoms with Gasteiger partial charge in [0.15, 0.2) is 11.2 Å². The van der Waals surface area contributed by atoms with Crippen LogP contribution < -0.4 is 11.1 Å². The topological polar surface area (TPSA) is 60.1 Å². The standard InChI is InChI=1S/C13H17N3O2/c17-13-16(9-8-14-10-4-1-2-5-10)12-11(18-13)6-3-7-15-12/h3,6-7,10,14H,1-2,4-5,8-9H2. The molecule has 0 atom stereocenters. The molecule has 5 heteroatoms. The van der Waals surface area contributed by atoms with E-state index in [0.29, 0.717) is 23.8 Å². The molecule has 2 aromatic rings. The van der Waals surface area contributed by atoms with Gasteiger partial charge in [-0.25, -0.2) is 9.78 Å². The summed E-state index contributed by atoms with van der Waals surface area (Å²) in [5.41, 5.74) is 1.19. The summed E-state index contributed by atoms with van der Waals surface area (Å²) in [6, 6.07) is 4.16. The molecule has 1 saturated carbocycles. The molecule has 1 fully saturated rings. The quantitative estimate of drug-likeness (QED) is 0.890. The molecular weight excluding hydrogens is 230 g/mol. The van der Waals surface area contributed by atoms with E-state index in [2.05, 4.69) is 10.3 Å². The molecular formula is C13H17N3O2. The fraction of sp³-hybridized carbons (Fsp3) is 0.538. The van der Waals surface area contributed by atoms with Gasteiger partial charge in [0.1, 0.15) is 0 Å². The zero-order valence-corrected chi connectivity index (χ0v) is 10.3. The molecule has 0 amide bonds. The predicted octanol–water partition coefficient (Wildman–Crippen LogP) is 1.52. The molecule has 0 aromatic carbocycles. The first-order chi connectivity index (χ1) is 8.84. The SMILES string of the molecule is O=c1oc2cccnc2n1CCNC1CCCC1. The average Bonchev–Trinajstić information content (AvgIpc) is 2.98. The van der Waals surface area contributed by atoms with E-state index >= 15 is 0 Å². The van der Waals surface area contributed by atoms with Gasteiger partial charge in [-0.2, -0.15) is 0 Å². The first kappa shape index (κ1) is 11.5. The summed E-state index contributed by atoms with van der Waals surface area (Å²) >= 11 is 0. The molecule has 2 heterocycles. The number of oxazole rings is 1. The van der Waals surface area contributed by atoms with E-state index in [9.17, 15) is 4.79 Å². The first-order valence-electron chi connectivity index (χ1n) is 6.52. The summed E-state index contributed by atoms with van der Waals surface area (Å²) in [4.78, 5) is 15.9. The van der Waals surface area contributed by atoms with Gasteiger partial charge in [0.2, 0.25) is 0 Å². The van der Waals surface area contributed by atoms with Crippen molar-refractivity contribution in [1.29, 1.82) is 0 Å². The lowest BCUT2D eigenvalue weighted by Crippen LogP contribution is -2.31. The molecule has 1 aliphatic carbocycles. The van der Waals surface area contributed by atoms with Gasteiger partial charge in [0.25, 0.3) is 0 Å². The number of rotatable bonds is 4. The number of hydrogen-bond donors (Lipinski definition) is 1. The van der Waals surface area contributed by atoms with Gasteiger partial charge < -0.3 is 9.73 Å². The van der Waals surface area contributed by atoms with Gasteiger partial charge >= 0.3 is 5.76 Å². The highest BCUT2D eigenvalue weighted by Gasteiger charge is 2.14. The van der Waals surface area contributed by atoms with Gasteiger partial charge in [-0.05, 0) is 25.0 Å². The fourth-order valence-corrected chi connectivity index (χ4v) is 2.61. The normalized spacial score (nSPS) is 16.7. The third-order valence-corrected chi connectivity index (χ3v) is 3.55. The molecule has 0 aliphatic heterocycles. The summed E-state index contributed by atoms with van der Waals surface area (Å²) in [6.45, 7) is 1.40. The highest BCUT2D eigenvalue weighted by Crippen LogP contribution is 2.17. The van der Waals surface area contributed by atoms with Crippen molar-refractivity contribution in [3.8, 4) is 0 Å². The third kappa shape index (κ3) is 2.18. The largest absolute Gasteiger partial charge is 0.421 e. The Labute approximate surface area is 105 Å². The van der Waals surface area contributed by atoms with E-state index in [1.807, 2.05) is 0 Å². The van der Waals surface area contributed by atoms with Crippen LogP contribution >= 0.6 is 0 Å². The minimum atomic E-state index is -0.322. The molecule has 18 heavy (non-hydrogen) atoms. The number of aromatic nitrogens is 2. The second-order valence-corrected chi connectivity index (χ2v) is 4.78. The van der Waals surface area contributed by atoms with Crippen LogP contribution in [-0.4, -0.2) is 22.1 Å². The van der Waals surface area contributed by atoms with Crippen LogP contribution in [0.5, 0.6) is 0 Å². The number of fused-ring (bicyclic) bond motifs is 1. The van der Waals surface area contributed by atoms with Crippen LogP contribution in [0.15, 0.2) is 27.5 Å². The molecule has 2 aromatic heterocycles. The van der Waals surface area contributed by atoms with E-state index < -0.39 is 0 Å². The second kappa shape index (κ2) is 4.94. The van der Waals surface area contributed by atoms with Crippen molar-refractivity contribution in [3.63, 3.8) is 0 Å². The lowest BCUT2D eigenvalue weighted by atomic mass is 10.2. The third-order valence-electron chi connectivity index (χ3n) is 3.55. The van der Waals surface area contributed by atoms with Gasteiger partial charge in [-0.15, -0.1) is 0 Å². The van der Waals surface area contributed by atoms with E-state index in [1.165, 1.54) is 25.7 Å². The minimum absolute atomic E-state index is 0.322. The maximum absolute atomic E-state index is 11.7. The van der Waals surface area contributed by atoms with Crippen LogP contribution in [0, 0.1) is 0 Å². The lowest BCUT2D eigenvalue weighted by Gasteiger charge is -2.11. The van der Waals surface area contributed by atoms with Gasteiger partial charge in [0, 0.05) is 25.3 Å². The zero-order valence-electron chi connectivity index (χ0n) is 10.3. The Kier molecular flexibility index (Phi) is 3.15. The van der Waals surface area contributed by atoms with Crippen molar-refractivity contribution < 1.29 is 4.42 Å². The number of pyridine rings is 1. The van der Waals surface area contributed by atoms with Crippen LogP contribution in [0.25, 0.3) is 11.2 Å². The minimum Gasteiger partial charge on any atom is -0.406 e. The van der Waals surface area contributed by atoms with Crippen LogP contribution in [0.2, 0.25) is 0 Å². The Hall–Kier alpha value is -1.62. The van der Waals surface area contributed by atoms with Crippen molar-refractivity contribution in [2.45, 2.75) is 38.3 Å². The van der Waals surface area contributed by atoms with E-state index in [4.69, 9.17) is 4.42 Å². The van der Waals surface area contributed by atoms with Crippen LogP contribution in [0.1, 0.15) is 25.7 Å². The van der Waals surface area contributed by atoms with Crippen molar-refractivity contribution in [2.24, 2.45) is 0 Å². The van der Waals surface area contributed by atoms with Gasteiger partial charge in [0.05, 0.1) is 0 Å². The molecule has 1 aliphatic rings. The maximum Gasteiger partial charge on any atom is 0.421 e. The Morgan fingerprint density at radius 3 is 3.11 bits per heavy atom. The molecule has 0 radical (unpaired) electrons. The molecule has 5 nitrogen and oxygen atoms in total. The fourth-order valence-electron chi connectivity index (χ4n) is 2.61. The monoisotopic (exact) mass is 247 g/mol. The maximum atomic E-state index is 11.7. The number of nitrogens with zero attached hydrogens (tertiary/aromatic N) is 2. The number of nitrogens with one attached hydrogen (secondary N) is 1. The molecule has 1 N–H and O–H groups in total. The van der Waals surface area contributed by atoms with E-state index in [1.54, 1.807) is 22.9 Å². The highest BCUT2D eigenvalue weighted by molar-refractivity contribution is 5.67. The van der Waals surface area contributed by atoms with E-state index in [0.717, 1.165) is 6.54 Å². The Morgan fingerprint density at radius 2 is 2.28 bits per heavy atom. The van der Waals surface area contributed by atoms with E-state index in [-0.39, 0.29) is 5.76 Å². The zero-order chi connectivity index (χ0) is 12.4. The summed E-state index contributed by atoms with van der Waals surface area (Å²) in [7, 11) is 0. The van der Waals surface area contributed by atoms with Crippen LogP contribution in [0.3, 0.4) is 0 Å². The van der Waals surface area contributed by atoms with Crippen molar-refractivity contribution in [2.75, 3.05) is 6.54 Å². The average molecular weight is 247 g/mol. The molecule has 0 spiro atoms. The molecule has 0 bridgehead atoms. The highest BCUT2D eigenvalue weighted by atomic mass is 16.4. The van der Waals surface area contributed by atoms with Gasteiger partial charge in [-0.3, -0.25) is 4.57 Å². The molecule has 0 saturated heterocycles. The lowest BCUT2D eigenvalue weighted by molar-refractivity contribution is 0.465. The van der Waals surface area contributed by atoms with Crippen LogP contribution in [0.4, 0.5) is 0 Å². The summed E-state index contributed by atoms with van der Waals surface area (Å²) in [5.74, 6) is -0.322. The predicted molar refractivity (Wildman–Crippen MR) is 68.5 cm³/mol. The first-order valence-corrected chi connectivity index (χ1v) is 6.52. The van der Waals surface area contributed by atoms with Crippen molar-refractivity contribution >= 4 is 11.2 Å². The molecule has 0 unspecified atom stereocenters. The second-order valence-electron chi connectivity index (χ2n) is 4.78. The Balaban J connectivity index is 1.70. The van der Waals surface area contributed by atoms with Gasteiger partial charge in [-0.1, -0.05) is 12.8 Å². The smallest absolute Gasteiger partial charge is 0.406 e. The van der Waals surface area contributed by atoms with Crippen molar-refractivity contribution in [1.82, 2.24) is 14.9 Å². The van der Waals surface area contributed by atoms with Crippen LogP contribution in [-0.2, 0) is 6.54 Å². The summed E-state index contributed by atoms with van der Waals surface area (Å²) < 4.78 is 6.73.